The molecular formula is C9H16F3NO. The van der Waals surface area contributed by atoms with E-state index in [2.05, 4.69) is 5.32 Å². The summed E-state index contributed by atoms with van der Waals surface area (Å²) in [7, 11) is 1.78. The highest BCUT2D eigenvalue weighted by Gasteiger charge is 2.54. The van der Waals surface area contributed by atoms with Gasteiger partial charge in [0.1, 0.15) is 0 Å². The molecule has 0 aliphatic heterocycles. The van der Waals surface area contributed by atoms with Gasteiger partial charge in [-0.1, -0.05) is 0 Å². The van der Waals surface area contributed by atoms with Gasteiger partial charge in [0.05, 0.1) is 0 Å². The Kier molecular flexibility index (Phi) is 3.42. The number of hydrogen-bond acceptors (Lipinski definition) is 2. The number of rotatable bonds is 2. The highest BCUT2D eigenvalue weighted by atomic mass is 19.4. The minimum Gasteiger partial charge on any atom is -0.380 e. The van der Waals surface area contributed by atoms with Crippen LogP contribution in [0, 0.1) is 5.92 Å². The van der Waals surface area contributed by atoms with Crippen molar-refractivity contribution in [2.24, 2.45) is 5.92 Å². The van der Waals surface area contributed by atoms with E-state index in [4.69, 9.17) is 0 Å². The van der Waals surface area contributed by atoms with Gasteiger partial charge in [-0.2, -0.15) is 13.2 Å². The molecule has 0 aromatic rings. The second kappa shape index (κ2) is 4.06. The van der Waals surface area contributed by atoms with Crippen molar-refractivity contribution >= 4 is 0 Å². The zero-order valence-electron chi connectivity index (χ0n) is 8.19. The maximum absolute atomic E-state index is 12.4. The van der Waals surface area contributed by atoms with Crippen molar-refractivity contribution in [2.45, 2.75) is 37.5 Å². The fourth-order valence-electron chi connectivity index (χ4n) is 1.93. The van der Waals surface area contributed by atoms with Crippen molar-refractivity contribution in [1.82, 2.24) is 5.32 Å². The first-order chi connectivity index (χ1) is 6.39. The van der Waals surface area contributed by atoms with Crippen LogP contribution >= 0.6 is 0 Å². The molecule has 0 heterocycles. The topological polar surface area (TPSA) is 32.3 Å². The molecule has 1 aliphatic carbocycles. The molecule has 1 rings (SSSR count). The van der Waals surface area contributed by atoms with Crippen LogP contribution in [-0.2, 0) is 0 Å². The van der Waals surface area contributed by atoms with Gasteiger partial charge in [-0.3, -0.25) is 0 Å². The lowest BCUT2D eigenvalue weighted by molar-refractivity contribution is -0.271. The van der Waals surface area contributed by atoms with Gasteiger partial charge in [-0.25, -0.2) is 0 Å². The largest absolute Gasteiger partial charge is 0.417 e. The van der Waals surface area contributed by atoms with Gasteiger partial charge in [0.2, 0.25) is 0 Å². The molecule has 1 fully saturated rings. The number of alkyl halides is 3. The van der Waals surface area contributed by atoms with Crippen molar-refractivity contribution in [3.8, 4) is 0 Å². The molecule has 1 aliphatic rings. The van der Waals surface area contributed by atoms with Gasteiger partial charge in [-0.15, -0.1) is 0 Å². The van der Waals surface area contributed by atoms with E-state index in [1.54, 1.807) is 7.05 Å². The Balaban J connectivity index is 2.49. The van der Waals surface area contributed by atoms with Gasteiger partial charge >= 0.3 is 6.18 Å². The second-order valence-corrected chi connectivity index (χ2v) is 4.03. The number of halogens is 3. The van der Waals surface area contributed by atoms with Crippen LogP contribution in [0.1, 0.15) is 25.7 Å². The lowest BCUT2D eigenvalue weighted by atomic mass is 9.78. The van der Waals surface area contributed by atoms with Crippen molar-refractivity contribution in [1.29, 1.82) is 0 Å². The van der Waals surface area contributed by atoms with E-state index in [0.717, 1.165) is 6.54 Å². The fourth-order valence-corrected chi connectivity index (χ4v) is 1.93. The first kappa shape index (κ1) is 11.8. The Labute approximate surface area is 81.5 Å². The number of hydrogen-bond donors (Lipinski definition) is 2. The Morgan fingerprint density at radius 2 is 1.86 bits per heavy atom. The van der Waals surface area contributed by atoms with Crippen LogP contribution in [0.4, 0.5) is 13.2 Å². The summed E-state index contributed by atoms with van der Waals surface area (Å²) in [5.41, 5.74) is -2.43. The summed E-state index contributed by atoms with van der Waals surface area (Å²) in [6, 6.07) is 0. The smallest absolute Gasteiger partial charge is 0.380 e. The molecule has 2 nitrogen and oxygen atoms in total. The van der Waals surface area contributed by atoms with Crippen molar-refractivity contribution in [3.05, 3.63) is 0 Å². The molecule has 84 valence electrons. The molecule has 14 heavy (non-hydrogen) atoms. The van der Waals surface area contributed by atoms with E-state index < -0.39 is 11.8 Å². The summed E-state index contributed by atoms with van der Waals surface area (Å²) in [5.74, 6) is 0.266. The molecule has 0 amide bonds. The molecular weight excluding hydrogens is 195 g/mol. The van der Waals surface area contributed by atoms with E-state index in [1.165, 1.54) is 0 Å². The molecule has 2 N–H and O–H groups in total. The summed E-state index contributed by atoms with van der Waals surface area (Å²) in [6.45, 7) is 0.730. The molecule has 0 bridgehead atoms. The van der Waals surface area contributed by atoms with Gasteiger partial charge in [0.15, 0.2) is 5.60 Å². The van der Waals surface area contributed by atoms with Crippen LogP contribution in [0.2, 0.25) is 0 Å². The Hall–Kier alpha value is -0.290. The third-order valence-electron chi connectivity index (χ3n) is 2.95. The summed E-state index contributed by atoms with van der Waals surface area (Å²) < 4.78 is 37.1. The second-order valence-electron chi connectivity index (χ2n) is 4.03. The molecule has 0 unspecified atom stereocenters. The van der Waals surface area contributed by atoms with Crippen LogP contribution < -0.4 is 5.32 Å². The molecule has 0 saturated heterocycles. The quantitative estimate of drug-likeness (QED) is 0.728. The van der Waals surface area contributed by atoms with Crippen molar-refractivity contribution in [3.63, 3.8) is 0 Å². The molecule has 0 atom stereocenters. The summed E-state index contributed by atoms with van der Waals surface area (Å²) in [6.07, 6.45) is -3.92. The molecule has 1 saturated carbocycles. The van der Waals surface area contributed by atoms with Gasteiger partial charge in [0.25, 0.3) is 0 Å². The monoisotopic (exact) mass is 211 g/mol. The Morgan fingerprint density at radius 3 is 2.21 bits per heavy atom. The van der Waals surface area contributed by atoms with Crippen molar-refractivity contribution < 1.29 is 18.3 Å². The molecule has 0 aromatic carbocycles. The summed E-state index contributed by atoms with van der Waals surface area (Å²) in [4.78, 5) is 0. The number of aliphatic hydroxyl groups is 1. The standard InChI is InChI=1S/C9H16F3NO/c1-13-6-7-2-4-8(14,5-3-7)9(10,11)12/h7,13-14H,2-6H2,1H3/t7-,8+. The third-order valence-corrected chi connectivity index (χ3v) is 2.95. The predicted octanol–water partition coefficient (Wildman–Crippen LogP) is 1.69. The first-order valence-corrected chi connectivity index (χ1v) is 4.83. The highest BCUT2D eigenvalue weighted by molar-refractivity contribution is 4.91. The molecule has 0 radical (unpaired) electrons. The first-order valence-electron chi connectivity index (χ1n) is 4.83. The highest BCUT2D eigenvalue weighted by Crippen LogP contribution is 2.42. The average Bonchev–Trinajstić information content (AvgIpc) is 2.08. The van der Waals surface area contributed by atoms with E-state index in [0.29, 0.717) is 12.8 Å². The van der Waals surface area contributed by atoms with Gasteiger partial charge in [-0.05, 0) is 45.2 Å². The van der Waals surface area contributed by atoms with E-state index in [-0.39, 0.29) is 18.8 Å². The van der Waals surface area contributed by atoms with Crippen LogP contribution in [0.3, 0.4) is 0 Å². The molecule has 0 aromatic heterocycles. The van der Waals surface area contributed by atoms with Crippen molar-refractivity contribution in [2.75, 3.05) is 13.6 Å². The lowest BCUT2D eigenvalue weighted by Gasteiger charge is -2.37. The predicted molar refractivity (Wildman–Crippen MR) is 46.9 cm³/mol. The van der Waals surface area contributed by atoms with Gasteiger partial charge in [0, 0.05) is 0 Å². The van der Waals surface area contributed by atoms with Gasteiger partial charge < -0.3 is 10.4 Å². The van der Waals surface area contributed by atoms with Crippen LogP contribution in [0.15, 0.2) is 0 Å². The van der Waals surface area contributed by atoms with Crippen LogP contribution in [0.25, 0.3) is 0 Å². The normalized spacial score (nSPS) is 34.5. The molecule has 0 spiro atoms. The maximum atomic E-state index is 12.4. The van der Waals surface area contributed by atoms with E-state index in [1.807, 2.05) is 0 Å². The third kappa shape index (κ3) is 2.39. The lowest BCUT2D eigenvalue weighted by Crippen LogP contribution is -2.48. The maximum Gasteiger partial charge on any atom is 0.417 e. The van der Waals surface area contributed by atoms with E-state index >= 15 is 0 Å². The number of nitrogens with one attached hydrogen (secondary N) is 1. The SMILES string of the molecule is CNC[C@H]1CC[C@](O)(C(F)(F)F)CC1. The fraction of sp³-hybridized carbons (Fsp3) is 1.00. The Bertz CT molecular complexity index is 185. The minimum atomic E-state index is -4.47. The minimum absolute atomic E-state index is 0.164. The Morgan fingerprint density at radius 1 is 1.36 bits per heavy atom. The zero-order chi connectivity index (χ0) is 10.8. The van der Waals surface area contributed by atoms with E-state index in [9.17, 15) is 18.3 Å². The van der Waals surface area contributed by atoms with Crippen LogP contribution in [-0.4, -0.2) is 30.5 Å². The molecule has 5 heteroatoms. The summed E-state index contributed by atoms with van der Waals surface area (Å²) in [5, 5.41) is 12.3. The zero-order valence-corrected chi connectivity index (χ0v) is 8.19. The summed E-state index contributed by atoms with van der Waals surface area (Å²) >= 11 is 0. The average molecular weight is 211 g/mol. The van der Waals surface area contributed by atoms with Crippen LogP contribution in [0.5, 0.6) is 0 Å².